The van der Waals surface area contributed by atoms with Gasteiger partial charge in [-0.3, -0.25) is 9.69 Å². The van der Waals surface area contributed by atoms with Gasteiger partial charge >= 0.3 is 6.36 Å². The van der Waals surface area contributed by atoms with Gasteiger partial charge in [-0.2, -0.15) is 0 Å². The molecule has 0 radical (unpaired) electrons. The van der Waals surface area contributed by atoms with Crippen molar-refractivity contribution in [2.24, 2.45) is 0 Å². The minimum absolute atomic E-state index is 0.0592. The molecule has 2 aliphatic heterocycles. The third-order valence-electron chi connectivity index (χ3n) is 4.13. The minimum atomic E-state index is -4.74. The minimum Gasteiger partial charge on any atom is -0.406 e. The summed E-state index contributed by atoms with van der Waals surface area (Å²) in [4.78, 5) is 16.3. The van der Waals surface area contributed by atoms with E-state index in [9.17, 15) is 18.0 Å². The Morgan fingerprint density at radius 2 is 1.91 bits per heavy atom. The van der Waals surface area contributed by atoms with Crippen molar-refractivity contribution in [3.8, 4) is 5.75 Å². The van der Waals surface area contributed by atoms with Crippen molar-refractivity contribution in [2.45, 2.75) is 18.8 Å². The fourth-order valence-corrected chi connectivity index (χ4v) is 3.10. The van der Waals surface area contributed by atoms with Crippen LogP contribution in [-0.4, -0.2) is 55.9 Å². The molecule has 1 aromatic rings. The first-order valence-electron chi connectivity index (χ1n) is 7.56. The second kappa shape index (κ2) is 6.37. The summed E-state index contributed by atoms with van der Waals surface area (Å²) in [5, 5.41) is 3.24. The SMILES string of the molecule is O=C1C(N2CCNCC2)CCN1c1cccc(OC(F)(F)F)c1. The van der Waals surface area contributed by atoms with Gasteiger partial charge in [-0.05, 0) is 18.6 Å². The van der Waals surface area contributed by atoms with Crippen LogP contribution in [0.25, 0.3) is 0 Å². The molecular formula is C15H18F3N3O2. The van der Waals surface area contributed by atoms with Crippen LogP contribution in [-0.2, 0) is 4.79 Å². The average molecular weight is 329 g/mol. The summed E-state index contributed by atoms with van der Waals surface area (Å²) in [5.41, 5.74) is 0.439. The molecule has 0 bridgehead atoms. The Hall–Kier alpha value is -1.80. The molecule has 8 heteroatoms. The maximum absolute atomic E-state index is 12.6. The molecule has 0 spiro atoms. The van der Waals surface area contributed by atoms with E-state index in [2.05, 4.69) is 15.0 Å². The van der Waals surface area contributed by atoms with Crippen molar-refractivity contribution >= 4 is 11.6 Å². The van der Waals surface area contributed by atoms with Crippen LogP contribution in [0.3, 0.4) is 0 Å². The average Bonchev–Trinajstić information content (AvgIpc) is 2.88. The fraction of sp³-hybridized carbons (Fsp3) is 0.533. The predicted octanol–water partition coefficient (Wildman–Crippen LogP) is 1.60. The third-order valence-corrected chi connectivity index (χ3v) is 4.13. The van der Waals surface area contributed by atoms with Crippen molar-refractivity contribution in [3.63, 3.8) is 0 Å². The number of hydrogen-bond donors (Lipinski definition) is 1. The van der Waals surface area contributed by atoms with Crippen LogP contribution in [0.5, 0.6) is 5.75 Å². The van der Waals surface area contributed by atoms with Gasteiger partial charge in [0, 0.05) is 44.5 Å². The molecule has 3 rings (SSSR count). The number of halogens is 3. The summed E-state index contributed by atoms with van der Waals surface area (Å²) in [7, 11) is 0. The van der Waals surface area contributed by atoms with E-state index >= 15 is 0 Å². The second-order valence-corrected chi connectivity index (χ2v) is 5.63. The number of carbonyl (C=O) groups is 1. The first-order chi connectivity index (χ1) is 10.9. The normalized spacial score (nSPS) is 23.3. The summed E-state index contributed by atoms with van der Waals surface area (Å²) in [6.07, 6.45) is -4.06. The summed E-state index contributed by atoms with van der Waals surface area (Å²) >= 11 is 0. The lowest BCUT2D eigenvalue weighted by Crippen LogP contribution is -2.51. The Balaban J connectivity index is 1.72. The monoisotopic (exact) mass is 329 g/mol. The topological polar surface area (TPSA) is 44.8 Å². The maximum Gasteiger partial charge on any atom is 0.573 e. The Bertz CT molecular complexity index is 573. The Morgan fingerprint density at radius 1 is 1.17 bits per heavy atom. The number of alkyl halides is 3. The number of rotatable bonds is 3. The molecule has 1 aromatic carbocycles. The number of benzene rings is 1. The number of carbonyl (C=O) groups excluding carboxylic acids is 1. The van der Waals surface area contributed by atoms with E-state index in [-0.39, 0.29) is 17.7 Å². The quantitative estimate of drug-likeness (QED) is 0.915. The van der Waals surface area contributed by atoms with Crippen LogP contribution in [0.15, 0.2) is 24.3 Å². The van der Waals surface area contributed by atoms with E-state index in [1.54, 1.807) is 6.07 Å². The highest BCUT2D eigenvalue weighted by Crippen LogP contribution is 2.30. The zero-order valence-electron chi connectivity index (χ0n) is 12.5. The molecule has 0 aliphatic carbocycles. The first kappa shape index (κ1) is 16.1. The van der Waals surface area contributed by atoms with E-state index in [1.165, 1.54) is 23.1 Å². The molecule has 1 unspecified atom stereocenters. The van der Waals surface area contributed by atoms with Crippen LogP contribution in [0.4, 0.5) is 18.9 Å². The van der Waals surface area contributed by atoms with E-state index in [0.717, 1.165) is 26.2 Å². The number of anilines is 1. The third kappa shape index (κ3) is 3.76. The molecule has 2 aliphatic rings. The molecule has 1 N–H and O–H groups in total. The smallest absolute Gasteiger partial charge is 0.406 e. The Morgan fingerprint density at radius 3 is 2.61 bits per heavy atom. The molecule has 1 atom stereocenters. The largest absolute Gasteiger partial charge is 0.573 e. The lowest BCUT2D eigenvalue weighted by atomic mass is 10.2. The summed E-state index contributed by atoms with van der Waals surface area (Å²) in [6.45, 7) is 3.81. The second-order valence-electron chi connectivity index (χ2n) is 5.63. The number of nitrogens with one attached hydrogen (secondary N) is 1. The van der Waals surface area contributed by atoms with Gasteiger partial charge in [0.05, 0.1) is 6.04 Å². The number of ether oxygens (including phenoxy) is 1. The molecule has 1 amide bonds. The van der Waals surface area contributed by atoms with Crippen molar-refractivity contribution in [3.05, 3.63) is 24.3 Å². The molecule has 5 nitrogen and oxygen atoms in total. The summed E-state index contributed by atoms with van der Waals surface area (Å²) < 4.78 is 40.9. The van der Waals surface area contributed by atoms with Crippen LogP contribution in [0, 0.1) is 0 Å². The fourth-order valence-electron chi connectivity index (χ4n) is 3.10. The van der Waals surface area contributed by atoms with Gasteiger partial charge in [-0.25, -0.2) is 0 Å². The van der Waals surface area contributed by atoms with Crippen molar-refractivity contribution in [1.29, 1.82) is 0 Å². The molecule has 126 valence electrons. The van der Waals surface area contributed by atoms with Crippen LogP contribution in [0.1, 0.15) is 6.42 Å². The number of hydrogen-bond acceptors (Lipinski definition) is 4. The molecule has 2 heterocycles. The number of amides is 1. The standard InChI is InChI=1S/C15H18F3N3O2/c16-15(17,18)23-12-3-1-2-11(10-12)21-7-4-13(14(21)22)20-8-5-19-6-9-20/h1-3,10,13,19H,4-9H2. The lowest BCUT2D eigenvalue weighted by Gasteiger charge is -2.31. The lowest BCUT2D eigenvalue weighted by molar-refractivity contribution is -0.274. The van der Waals surface area contributed by atoms with Crippen molar-refractivity contribution in [2.75, 3.05) is 37.6 Å². The Kier molecular flexibility index (Phi) is 4.45. The van der Waals surface area contributed by atoms with Gasteiger partial charge in [0.25, 0.3) is 0 Å². The van der Waals surface area contributed by atoms with E-state index in [1.807, 2.05) is 0 Å². The zero-order valence-corrected chi connectivity index (χ0v) is 12.5. The van der Waals surface area contributed by atoms with Crippen LogP contribution >= 0.6 is 0 Å². The first-order valence-corrected chi connectivity index (χ1v) is 7.56. The van der Waals surface area contributed by atoms with Crippen molar-refractivity contribution in [1.82, 2.24) is 10.2 Å². The molecule has 23 heavy (non-hydrogen) atoms. The molecule has 0 saturated carbocycles. The van der Waals surface area contributed by atoms with E-state index < -0.39 is 6.36 Å². The highest BCUT2D eigenvalue weighted by Gasteiger charge is 2.37. The summed E-state index contributed by atoms with van der Waals surface area (Å²) in [5.74, 6) is -0.371. The highest BCUT2D eigenvalue weighted by atomic mass is 19.4. The number of piperazine rings is 1. The van der Waals surface area contributed by atoms with Gasteiger partial charge in [0.1, 0.15) is 5.75 Å². The molecular weight excluding hydrogens is 311 g/mol. The van der Waals surface area contributed by atoms with E-state index in [4.69, 9.17) is 0 Å². The number of nitrogens with zero attached hydrogens (tertiary/aromatic N) is 2. The summed E-state index contributed by atoms with van der Waals surface area (Å²) in [6, 6.07) is 5.38. The van der Waals surface area contributed by atoms with Gasteiger partial charge in [0.2, 0.25) is 5.91 Å². The van der Waals surface area contributed by atoms with Gasteiger partial charge in [-0.15, -0.1) is 13.2 Å². The van der Waals surface area contributed by atoms with Crippen LogP contribution in [0.2, 0.25) is 0 Å². The van der Waals surface area contributed by atoms with Gasteiger partial charge in [-0.1, -0.05) is 6.07 Å². The van der Waals surface area contributed by atoms with Crippen molar-refractivity contribution < 1.29 is 22.7 Å². The molecule has 2 saturated heterocycles. The molecule has 0 aromatic heterocycles. The van der Waals surface area contributed by atoms with Crippen LogP contribution < -0.4 is 15.0 Å². The molecule has 2 fully saturated rings. The van der Waals surface area contributed by atoms with E-state index in [0.29, 0.717) is 18.7 Å². The zero-order chi connectivity index (χ0) is 16.4. The highest BCUT2D eigenvalue weighted by molar-refractivity contribution is 5.99. The van der Waals surface area contributed by atoms with Gasteiger partial charge in [0.15, 0.2) is 0 Å². The van der Waals surface area contributed by atoms with Gasteiger partial charge < -0.3 is 15.0 Å². The Labute approximate surface area is 132 Å². The maximum atomic E-state index is 12.6. The predicted molar refractivity (Wildman–Crippen MR) is 78.3 cm³/mol.